The van der Waals surface area contributed by atoms with Gasteiger partial charge in [0.25, 0.3) is 11.6 Å². The lowest BCUT2D eigenvalue weighted by Gasteiger charge is -2.44. The topological polar surface area (TPSA) is 65.3 Å². The third-order valence-corrected chi connectivity index (χ3v) is 5.12. The second-order valence-corrected chi connectivity index (χ2v) is 6.45. The zero-order valence-corrected chi connectivity index (χ0v) is 12.1. The Morgan fingerprint density at radius 3 is 1.96 bits per heavy atom. The van der Waals surface area contributed by atoms with Crippen molar-refractivity contribution in [2.45, 2.75) is 55.5 Å². The van der Waals surface area contributed by atoms with E-state index in [4.69, 9.17) is 0 Å². The van der Waals surface area contributed by atoms with Crippen LogP contribution >= 0.6 is 0 Å². The maximum Gasteiger partial charge on any atom is 0.437 e. The Bertz CT molecular complexity index is 530. The monoisotopic (exact) mass is 341 g/mol. The van der Waals surface area contributed by atoms with Crippen LogP contribution < -0.4 is 0 Å². The Kier molecular flexibility index (Phi) is 3.48. The number of carbonyl (C=O) groups excluding carboxylic acids is 1. The Morgan fingerprint density at radius 2 is 1.61 bits per heavy atom. The molecule has 0 radical (unpaired) electrons. The molecule has 0 atom stereocenters. The van der Waals surface area contributed by atoms with Crippen LogP contribution in [-0.4, -0.2) is 52.4 Å². The molecule has 0 bridgehead atoms. The number of piperidine rings is 1. The smallest absolute Gasteiger partial charge is 0.383 e. The third kappa shape index (κ3) is 2.33. The number of nitrogens with zero attached hydrogens (tertiary/aromatic N) is 3. The number of hydrogen-bond acceptors (Lipinski definition) is 4. The normalized spacial score (nSPS) is 26.8. The highest BCUT2D eigenvalue weighted by Crippen LogP contribution is 2.53. The summed E-state index contributed by atoms with van der Waals surface area (Å²) in [6.45, 7) is -0.448. The minimum absolute atomic E-state index is 0.104. The molecule has 3 aliphatic rings. The Morgan fingerprint density at radius 1 is 1.09 bits per heavy atom. The number of likely N-dealkylation sites (tertiary alicyclic amines) is 1. The molecule has 130 valence electrons. The van der Waals surface area contributed by atoms with E-state index in [-0.39, 0.29) is 38.8 Å². The number of amides is 1. The summed E-state index contributed by atoms with van der Waals surface area (Å²) in [5, 5.41) is 16.0. The van der Waals surface area contributed by atoms with E-state index < -0.39 is 35.2 Å². The fourth-order valence-corrected chi connectivity index (χ4v) is 3.27. The van der Waals surface area contributed by atoms with Crippen LogP contribution in [0.1, 0.15) is 32.1 Å². The maximum atomic E-state index is 14.1. The van der Waals surface area contributed by atoms with Crippen molar-refractivity contribution in [3.63, 3.8) is 0 Å². The minimum Gasteiger partial charge on any atom is -0.383 e. The first-order valence-electron chi connectivity index (χ1n) is 7.44. The van der Waals surface area contributed by atoms with Crippen molar-refractivity contribution in [3.8, 4) is 0 Å². The van der Waals surface area contributed by atoms with E-state index in [0.717, 1.165) is 4.90 Å². The SMILES string of the molecule is O=C(N1CCC(C2(C(F)(F)F)N=N2)CC1)C(F)(F)C1(O)CCC1. The third-order valence-electron chi connectivity index (χ3n) is 5.12. The summed E-state index contributed by atoms with van der Waals surface area (Å²) < 4.78 is 67.0. The number of rotatable bonds is 3. The molecule has 0 aromatic carbocycles. The molecule has 0 aromatic heterocycles. The first-order chi connectivity index (χ1) is 10.5. The maximum absolute atomic E-state index is 14.1. The van der Waals surface area contributed by atoms with Gasteiger partial charge in [0.2, 0.25) is 0 Å². The quantitative estimate of drug-likeness (QED) is 0.802. The van der Waals surface area contributed by atoms with E-state index in [1.165, 1.54) is 0 Å². The molecular weight excluding hydrogens is 325 g/mol. The molecule has 1 saturated heterocycles. The zero-order valence-electron chi connectivity index (χ0n) is 12.1. The van der Waals surface area contributed by atoms with Crippen molar-refractivity contribution < 1.29 is 31.9 Å². The van der Waals surface area contributed by atoms with Crippen LogP contribution in [0.3, 0.4) is 0 Å². The Hall–Kier alpha value is -1.32. The summed E-state index contributed by atoms with van der Waals surface area (Å²) in [5.41, 5.74) is -4.74. The van der Waals surface area contributed by atoms with Crippen LogP contribution in [0.5, 0.6) is 0 Å². The van der Waals surface area contributed by atoms with E-state index in [2.05, 4.69) is 10.2 Å². The highest BCUT2D eigenvalue weighted by Gasteiger charge is 2.68. The number of aliphatic hydroxyl groups is 1. The number of halogens is 5. The van der Waals surface area contributed by atoms with Gasteiger partial charge in [0, 0.05) is 19.0 Å². The largest absolute Gasteiger partial charge is 0.437 e. The van der Waals surface area contributed by atoms with Crippen LogP contribution in [0.15, 0.2) is 10.2 Å². The fraction of sp³-hybridized carbons (Fsp3) is 0.923. The number of alkyl halides is 5. The second-order valence-electron chi connectivity index (χ2n) is 6.45. The Balaban J connectivity index is 1.62. The van der Waals surface area contributed by atoms with E-state index in [1.54, 1.807) is 0 Å². The van der Waals surface area contributed by atoms with Gasteiger partial charge in [-0.1, -0.05) is 0 Å². The molecule has 1 amide bonds. The minimum atomic E-state index is -4.60. The van der Waals surface area contributed by atoms with Gasteiger partial charge in [-0.25, -0.2) is 0 Å². The molecule has 1 aliphatic carbocycles. The molecule has 1 N–H and O–H groups in total. The molecule has 2 aliphatic heterocycles. The molecular formula is C13H16F5N3O2. The molecule has 2 heterocycles. The predicted octanol–water partition coefficient (Wildman–Crippen LogP) is 2.50. The molecule has 0 aromatic rings. The van der Waals surface area contributed by atoms with Gasteiger partial charge in [0.1, 0.15) is 5.60 Å². The van der Waals surface area contributed by atoms with Gasteiger partial charge in [0.05, 0.1) is 0 Å². The van der Waals surface area contributed by atoms with Crippen molar-refractivity contribution in [1.82, 2.24) is 4.90 Å². The molecule has 1 saturated carbocycles. The van der Waals surface area contributed by atoms with E-state index >= 15 is 0 Å². The van der Waals surface area contributed by atoms with Crippen LogP contribution in [0.25, 0.3) is 0 Å². The molecule has 2 fully saturated rings. The van der Waals surface area contributed by atoms with Gasteiger partial charge in [-0.2, -0.15) is 22.0 Å². The summed E-state index contributed by atoms with van der Waals surface area (Å²) in [4.78, 5) is 12.8. The number of carbonyl (C=O) groups is 1. The summed E-state index contributed by atoms with van der Waals surface area (Å²) in [6.07, 6.45) is -4.71. The average molecular weight is 341 g/mol. The van der Waals surface area contributed by atoms with Crippen molar-refractivity contribution in [1.29, 1.82) is 0 Å². The van der Waals surface area contributed by atoms with Crippen LogP contribution in [0, 0.1) is 5.92 Å². The van der Waals surface area contributed by atoms with Gasteiger partial charge >= 0.3 is 12.1 Å². The lowest BCUT2D eigenvalue weighted by Crippen LogP contribution is -2.62. The molecule has 10 heteroatoms. The summed E-state index contributed by atoms with van der Waals surface area (Å²) >= 11 is 0. The van der Waals surface area contributed by atoms with Crippen molar-refractivity contribution in [3.05, 3.63) is 0 Å². The number of hydrogen-bond donors (Lipinski definition) is 1. The van der Waals surface area contributed by atoms with Crippen LogP contribution in [-0.2, 0) is 4.79 Å². The Labute approximate surface area is 128 Å². The molecule has 3 rings (SSSR count). The molecule has 0 unspecified atom stereocenters. The van der Waals surface area contributed by atoms with Crippen molar-refractivity contribution >= 4 is 5.91 Å². The summed E-state index contributed by atoms with van der Waals surface area (Å²) in [7, 11) is 0. The van der Waals surface area contributed by atoms with Crippen LogP contribution in [0.2, 0.25) is 0 Å². The highest BCUT2D eigenvalue weighted by molar-refractivity contribution is 5.85. The van der Waals surface area contributed by atoms with Gasteiger partial charge in [0.15, 0.2) is 0 Å². The predicted molar refractivity (Wildman–Crippen MR) is 66.7 cm³/mol. The summed E-state index contributed by atoms with van der Waals surface area (Å²) in [6, 6.07) is 0. The zero-order chi connectivity index (χ0) is 17.1. The molecule has 0 spiro atoms. The molecule has 5 nitrogen and oxygen atoms in total. The first-order valence-corrected chi connectivity index (χ1v) is 7.44. The van der Waals surface area contributed by atoms with Crippen molar-refractivity contribution in [2.24, 2.45) is 16.1 Å². The van der Waals surface area contributed by atoms with E-state index in [1.807, 2.05) is 0 Å². The second kappa shape index (κ2) is 4.84. The van der Waals surface area contributed by atoms with E-state index in [0.29, 0.717) is 6.42 Å². The van der Waals surface area contributed by atoms with Gasteiger partial charge < -0.3 is 10.0 Å². The lowest BCUT2D eigenvalue weighted by atomic mass is 9.74. The average Bonchev–Trinajstić information content (AvgIpc) is 3.25. The summed E-state index contributed by atoms with van der Waals surface area (Å²) in [5.74, 6) is -6.36. The molecule has 23 heavy (non-hydrogen) atoms. The van der Waals surface area contributed by atoms with Gasteiger partial charge in [-0.15, -0.1) is 10.2 Å². The van der Waals surface area contributed by atoms with Gasteiger partial charge in [-0.3, -0.25) is 4.79 Å². The van der Waals surface area contributed by atoms with E-state index in [9.17, 15) is 31.9 Å². The highest BCUT2D eigenvalue weighted by atomic mass is 19.4. The van der Waals surface area contributed by atoms with Gasteiger partial charge in [-0.05, 0) is 32.1 Å². The van der Waals surface area contributed by atoms with Crippen molar-refractivity contribution in [2.75, 3.05) is 13.1 Å². The lowest BCUT2D eigenvalue weighted by molar-refractivity contribution is -0.225. The first kappa shape index (κ1) is 16.5. The standard InChI is InChI=1S/C13H16F5N3O2/c14-11(15,10(23)4-1-5-10)9(22)21-6-2-8(3-7-21)12(19-20-12)13(16,17)18/h8,23H,1-7H2. The van der Waals surface area contributed by atoms with Crippen LogP contribution in [0.4, 0.5) is 22.0 Å². The fourth-order valence-electron chi connectivity index (χ4n) is 3.27.